The van der Waals surface area contributed by atoms with Crippen molar-refractivity contribution in [2.75, 3.05) is 13.1 Å². The van der Waals surface area contributed by atoms with Gasteiger partial charge in [0.25, 0.3) is 0 Å². The average Bonchev–Trinajstić information content (AvgIpc) is 2.53. The zero-order chi connectivity index (χ0) is 18.4. The molecule has 3 atom stereocenters. The van der Waals surface area contributed by atoms with Gasteiger partial charge in [-0.3, -0.25) is 9.69 Å². The van der Waals surface area contributed by atoms with Crippen molar-refractivity contribution in [2.24, 2.45) is 5.73 Å². The molecule has 26 heavy (non-hydrogen) atoms. The van der Waals surface area contributed by atoms with Crippen molar-refractivity contribution in [1.82, 2.24) is 10.2 Å². The van der Waals surface area contributed by atoms with Crippen LogP contribution in [0.3, 0.4) is 0 Å². The Morgan fingerprint density at radius 2 is 1.77 bits per heavy atom. The Labute approximate surface area is 164 Å². The molecule has 1 aromatic rings. The maximum Gasteiger partial charge on any atom is 0.240 e. The van der Waals surface area contributed by atoms with Gasteiger partial charge < -0.3 is 15.8 Å². The van der Waals surface area contributed by atoms with E-state index in [4.69, 9.17) is 10.5 Å². The number of carbonyl (C=O) groups excluding carboxylic acids is 1. The summed E-state index contributed by atoms with van der Waals surface area (Å²) in [6.45, 7) is 11.5. The van der Waals surface area contributed by atoms with Crippen LogP contribution in [0.1, 0.15) is 51.7 Å². The number of nitrogens with two attached hydrogens (primary N) is 1. The Bertz CT molecular complexity index is 553. The summed E-state index contributed by atoms with van der Waals surface area (Å²) in [5.74, 6) is -0.0882. The summed E-state index contributed by atoms with van der Waals surface area (Å²) < 4.78 is 5.78. The van der Waals surface area contributed by atoms with Crippen molar-refractivity contribution in [2.45, 2.75) is 71.4 Å². The van der Waals surface area contributed by atoms with Crippen LogP contribution in [0.2, 0.25) is 0 Å². The van der Waals surface area contributed by atoms with Gasteiger partial charge in [-0.15, -0.1) is 12.4 Å². The molecule has 0 aromatic heterocycles. The first kappa shape index (κ1) is 22.9. The molecule has 1 aromatic carbocycles. The topological polar surface area (TPSA) is 67.6 Å². The lowest BCUT2D eigenvalue weighted by Crippen LogP contribution is -2.51. The molecule has 1 aliphatic rings. The van der Waals surface area contributed by atoms with Crippen LogP contribution in [-0.2, 0) is 22.6 Å². The predicted molar refractivity (Wildman–Crippen MR) is 108 cm³/mol. The van der Waals surface area contributed by atoms with Gasteiger partial charge in [0.1, 0.15) is 0 Å². The van der Waals surface area contributed by atoms with E-state index in [-0.39, 0.29) is 30.5 Å². The summed E-state index contributed by atoms with van der Waals surface area (Å²) in [4.78, 5) is 14.6. The SMILES string of the molecule is CCCC(C)(N)C(=O)NCc1ccc(CN2CC(C)OC(C)C2)cc1.Cl. The molecular weight excluding hydrogens is 350 g/mol. The lowest BCUT2D eigenvalue weighted by molar-refractivity contribution is -0.126. The summed E-state index contributed by atoms with van der Waals surface area (Å²) in [7, 11) is 0. The second-order valence-corrected chi connectivity index (χ2v) is 7.62. The number of halogens is 1. The average molecular weight is 384 g/mol. The van der Waals surface area contributed by atoms with Crippen LogP contribution in [0.25, 0.3) is 0 Å². The van der Waals surface area contributed by atoms with Crippen LogP contribution >= 0.6 is 12.4 Å². The second-order valence-electron chi connectivity index (χ2n) is 7.62. The van der Waals surface area contributed by atoms with Gasteiger partial charge in [-0.05, 0) is 38.3 Å². The normalized spacial score (nSPS) is 23.0. The Kier molecular flexibility index (Phi) is 9.04. The smallest absolute Gasteiger partial charge is 0.240 e. The van der Waals surface area contributed by atoms with Crippen molar-refractivity contribution in [3.8, 4) is 0 Å². The van der Waals surface area contributed by atoms with E-state index in [1.165, 1.54) is 5.56 Å². The van der Waals surface area contributed by atoms with Gasteiger partial charge in [-0.25, -0.2) is 0 Å². The summed E-state index contributed by atoms with van der Waals surface area (Å²) in [6, 6.07) is 8.44. The van der Waals surface area contributed by atoms with Crippen LogP contribution in [0.5, 0.6) is 0 Å². The molecule has 1 heterocycles. The molecule has 1 amide bonds. The van der Waals surface area contributed by atoms with E-state index in [1.807, 2.05) is 6.92 Å². The number of rotatable bonds is 7. The molecular formula is C20H34ClN3O2. The van der Waals surface area contributed by atoms with Crippen LogP contribution in [0.15, 0.2) is 24.3 Å². The molecule has 1 aliphatic heterocycles. The highest BCUT2D eigenvalue weighted by Crippen LogP contribution is 2.15. The minimum Gasteiger partial charge on any atom is -0.373 e. The van der Waals surface area contributed by atoms with Gasteiger partial charge in [0.2, 0.25) is 5.91 Å². The van der Waals surface area contributed by atoms with E-state index in [0.717, 1.165) is 31.6 Å². The Hall–Kier alpha value is -1.14. The first-order chi connectivity index (χ1) is 11.8. The van der Waals surface area contributed by atoms with E-state index in [0.29, 0.717) is 13.0 Å². The van der Waals surface area contributed by atoms with Crippen LogP contribution in [-0.4, -0.2) is 41.6 Å². The standard InChI is InChI=1S/C20H33N3O2.ClH/c1-5-10-20(4,21)19(24)22-11-17-6-8-18(9-7-17)14-23-12-15(2)25-16(3)13-23;/h6-9,15-16H,5,10-14,21H2,1-4H3,(H,22,24);1H. The molecule has 5 nitrogen and oxygen atoms in total. The number of hydrogen-bond donors (Lipinski definition) is 2. The van der Waals surface area contributed by atoms with Gasteiger partial charge in [-0.2, -0.15) is 0 Å². The van der Waals surface area contributed by atoms with E-state index < -0.39 is 5.54 Å². The third kappa shape index (κ3) is 6.88. The molecule has 0 aliphatic carbocycles. The van der Waals surface area contributed by atoms with Crippen LogP contribution in [0.4, 0.5) is 0 Å². The number of benzene rings is 1. The Morgan fingerprint density at radius 3 is 2.31 bits per heavy atom. The van der Waals surface area contributed by atoms with E-state index in [2.05, 4.69) is 48.3 Å². The number of morpholine rings is 1. The molecule has 0 spiro atoms. The predicted octanol–water partition coefficient (Wildman–Crippen LogP) is 2.85. The summed E-state index contributed by atoms with van der Waals surface area (Å²) >= 11 is 0. The molecule has 148 valence electrons. The van der Waals surface area contributed by atoms with Gasteiger partial charge >= 0.3 is 0 Å². The van der Waals surface area contributed by atoms with E-state index >= 15 is 0 Å². The van der Waals surface area contributed by atoms with Gasteiger partial charge in [0.15, 0.2) is 0 Å². The molecule has 6 heteroatoms. The minimum atomic E-state index is -0.793. The molecule has 1 saturated heterocycles. The fourth-order valence-electron chi connectivity index (χ4n) is 3.45. The molecule has 0 saturated carbocycles. The maximum atomic E-state index is 12.2. The number of ether oxygens (including phenoxy) is 1. The van der Waals surface area contributed by atoms with Gasteiger partial charge in [0, 0.05) is 26.2 Å². The summed E-state index contributed by atoms with van der Waals surface area (Å²) in [5.41, 5.74) is 7.64. The second kappa shape index (κ2) is 10.3. The first-order valence-corrected chi connectivity index (χ1v) is 9.33. The number of hydrogen-bond acceptors (Lipinski definition) is 4. The molecule has 3 unspecified atom stereocenters. The van der Waals surface area contributed by atoms with Crippen molar-refractivity contribution >= 4 is 18.3 Å². The molecule has 0 radical (unpaired) electrons. The largest absolute Gasteiger partial charge is 0.373 e. The maximum absolute atomic E-state index is 12.2. The third-order valence-electron chi connectivity index (χ3n) is 4.67. The summed E-state index contributed by atoms with van der Waals surface area (Å²) in [6.07, 6.45) is 2.15. The van der Waals surface area contributed by atoms with Gasteiger partial charge in [-0.1, -0.05) is 37.6 Å². The fraction of sp³-hybridized carbons (Fsp3) is 0.650. The van der Waals surface area contributed by atoms with Crippen LogP contribution < -0.4 is 11.1 Å². The summed E-state index contributed by atoms with van der Waals surface area (Å²) in [5, 5.41) is 2.95. The molecule has 3 N–H and O–H groups in total. The van der Waals surface area contributed by atoms with Crippen molar-refractivity contribution in [3.63, 3.8) is 0 Å². The van der Waals surface area contributed by atoms with E-state index in [1.54, 1.807) is 6.92 Å². The quantitative estimate of drug-likeness (QED) is 0.759. The van der Waals surface area contributed by atoms with Crippen molar-refractivity contribution < 1.29 is 9.53 Å². The zero-order valence-electron chi connectivity index (χ0n) is 16.5. The van der Waals surface area contributed by atoms with Crippen molar-refractivity contribution in [3.05, 3.63) is 35.4 Å². The monoisotopic (exact) mass is 383 g/mol. The molecule has 2 rings (SSSR count). The number of nitrogens with zero attached hydrogens (tertiary/aromatic N) is 1. The lowest BCUT2D eigenvalue weighted by atomic mass is 9.96. The van der Waals surface area contributed by atoms with Crippen molar-refractivity contribution in [1.29, 1.82) is 0 Å². The number of carbonyl (C=O) groups is 1. The highest BCUT2D eigenvalue weighted by Gasteiger charge is 2.26. The van der Waals surface area contributed by atoms with Gasteiger partial charge in [0.05, 0.1) is 17.7 Å². The zero-order valence-corrected chi connectivity index (χ0v) is 17.3. The third-order valence-corrected chi connectivity index (χ3v) is 4.67. The highest BCUT2D eigenvalue weighted by molar-refractivity contribution is 5.85. The minimum absolute atomic E-state index is 0. The highest BCUT2D eigenvalue weighted by atomic mass is 35.5. The van der Waals surface area contributed by atoms with Crippen LogP contribution in [0, 0.1) is 0 Å². The molecule has 0 bridgehead atoms. The number of amides is 1. The Balaban J connectivity index is 0.00000338. The molecule has 1 fully saturated rings. The fourth-order valence-corrected chi connectivity index (χ4v) is 3.45. The Morgan fingerprint density at radius 1 is 1.23 bits per heavy atom. The first-order valence-electron chi connectivity index (χ1n) is 9.33. The van der Waals surface area contributed by atoms with E-state index in [9.17, 15) is 4.79 Å². The number of nitrogens with one attached hydrogen (secondary N) is 1. The lowest BCUT2D eigenvalue weighted by Gasteiger charge is -2.35.